The molecule has 0 fully saturated rings. The van der Waals surface area contributed by atoms with E-state index in [1.165, 1.54) is 0 Å². The van der Waals surface area contributed by atoms with Gasteiger partial charge in [-0.25, -0.2) is 0 Å². The Balaban J connectivity index is 1.82. The molecule has 0 saturated carbocycles. The summed E-state index contributed by atoms with van der Waals surface area (Å²) in [5, 5.41) is 6.86. The van der Waals surface area contributed by atoms with Gasteiger partial charge in [-0.1, -0.05) is 5.16 Å². The Morgan fingerprint density at radius 2 is 2.32 bits per heavy atom. The van der Waals surface area contributed by atoms with E-state index in [4.69, 9.17) is 8.94 Å². The second-order valence-electron chi connectivity index (χ2n) is 4.92. The Bertz CT molecular complexity index is 592. The number of aromatic nitrogens is 1. The highest BCUT2D eigenvalue weighted by Crippen LogP contribution is 2.30. The third-order valence-electron chi connectivity index (χ3n) is 3.62. The summed E-state index contributed by atoms with van der Waals surface area (Å²) in [5.41, 5.74) is 2.25. The predicted molar refractivity (Wildman–Crippen MR) is 67.8 cm³/mol. The van der Waals surface area contributed by atoms with Crippen LogP contribution in [0.4, 0.5) is 0 Å². The van der Waals surface area contributed by atoms with Crippen molar-refractivity contribution in [1.29, 1.82) is 0 Å². The number of nitrogens with one attached hydrogen (secondary N) is 1. The minimum Gasteiger partial charge on any atom is -0.469 e. The number of aryl methyl sites for hydroxylation is 3. The molecule has 0 radical (unpaired) electrons. The number of hydrogen-bond donors (Lipinski definition) is 1. The van der Waals surface area contributed by atoms with Gasteiger partial charge in [0.05, 0.1) is 18.0 Å². The van der Waals surface area contributed by atoms with Crippen molar-refractivity contribution in [2.45, 2.75) is 39.2 Å². The first-order valence-corrected chi connectivity index (χ1v) is 6.47. The van der Waals surface area contributed by atoms with E-state index in [9.17, 15) is 4.79 Å². The SMILES string of the molecule is Cc1noc(C)c1C(=O)N[C@H]1CCCc2occc21. The van der Waals surface area contributed by atoms with E-state index in [1.54, 1.807) is 20.1 Å². The van der Waals surface area contributed by atoms with Crippen molar-refractivity contribution in [2.75, 3.05) is 0 Å². The standard InChI is InChI=1S/C14H16N2O3/c1-8-13(9(2)19-16-8)14(17)15-11-4-3-5-12-10(11)6-7-18-12/h6-7,11H,3-5H2,1-2H3,(H,15,17)/t11-/m0/s1. The van der Waals surface area contributed by atoms with Gasteiger partial charge in [-0.2, -0.15) is 0 Å². The maximum Gasteiger partial charge on any atom is 0.257 e. The van der Waals surface area contributed by atoms with Crippen LogP contribution in [0.2, 0.25) is 0 Å². The van der Waals surface area contributed by atoms with Crippen LogP contribution in [0.3, 0.4) is 0 Å². The first-order valence-electron chi connectivity index (χ1n) is 6.47. The van der Waals surface area contributed by atoms with Crippen LogP contribution >= 0.6 is 0 Å². The highest BCUT2D eigenvalue weighted by Gasteiger charge is 2.26. The molecule has 0 spiro atoms. The molecular weight excluding hydrogens is 244 g/mol. The molecule has 5 heteroatoms. The molecule has 2 heterocycles. The zero-order valence-corrected chi connectivity index (χ0v) is 11.0. The third kappa shape index (κ3) is 2.05. The smallest absolute Gasteiger partial charge is 0.257 e. The average molecular weight is 260 g/mol. The molecule has 5 nitrogen and oxygen atoms in total. The first-order chi connectivity index (χ1) is 9.16. The quantitative estimate of drug-likeness (QED) is 0.901. The van der Waals surface area contributed by atoms with Gasteiger partial charge in [-0.15, -0.1) is 0 Å². The Morgan fingerprint density at radius 3 is 3.05 bits per heavy atom. The van der Waals surface area contributed by atoms with Crippen molar-refractivity contribution >= 4 is 5.91 Å². The molecule has 0 aromatic carbocycles. The van der Waals surface area contributed by atoms with Gasteiger partial charge in [0, 0.05) is 12.0 Å². The minimum absolute atomic E-state index is 0.0173. The van der Waals surface area contributed by atoms with Gasteiger partial charge < -0.3 is 14.3 Å². The topological polar surface area (TPSA) is 68.3 Å². The molecule has 1 amide bonds. The van der Waals surface area contributed by atoms with Crippen molar-refractivity contribution in [1.82, 2.24) is 10.5 Å². The first kappa shape index (κ1) is 12.0. The lowest BCUT2D eigenvalue weighted by Gasteiger charge is -2.22. The van der Waals surface area contributed by atoms with E-state index in [1.807, 2.05) is 6.07 Å². The molecule has 2 aromatic rings. The van der Waals surface area contributed by atoms with Crippen LogP contribution in [0.25, 0.3) is 0 Å². The second-order valence-corrected chi connectivity index (χ2v) is 4.92. The molecular formula is C14H16N2O3. The molecule has 2 aromatic heterocycles. The number of fused-ring (bicyclic) bond motifs is 1. The third-order valence-corrected chi connectivity index (χ3v) is 3.62. The number of carbonyl (C=O) groups excluding carboxylic acids is 1. The lowest BCUT2D eigenvalue weighted by molar-refractivity contribution is 0.0930. The van der Waals surface area contributed by atoms with Gasteiger partial charge in [0.1, 0.15) is 17.1 Å². The summed E-state index contributed by atoms with van der Waals surface area (Å²) in [6, 6.07) is 1.95. The summed E-state index contributed by atoms with van der Waals surface area (Å²) in [6.07, 6.45) is 4.58. The van der Waals surface area contributed by atoms with E-state index in [-0.39, 0.29) is 11.9 Å². The zero-order chi connectivity index (χ0) is 13.4. The Kier molecular flexibility index (Phi) is 2.89. The maximum absolute atomic E-state index is 12.3. The molecule has 0 bridgehead atoms. The number of nitrogens with zero attached hydrogens (tertiary/aromatic N) is 1. The van der Waals surface area contributed by atoms with Crippen LogP contribution in [0.15, 0.2) is 21.3 Å². The molecule has 1 atom stereocenters. The molecule has 0 unspecified atom stereocenters. The second kappa shape index (κ2) is 4.57. The van der Waals surface area contributed by atoms with Crippen LogP contribution in [-0.2, 0) is 6.42 Å². The fraction of sp³-hybridized carbons (Fsp3) is 0.429. The lowest BCUT2D eigenvalue weighted by atomic mass is 9.93. The van der Waals surface area contributed by atoms with Crippen molar-refractivity contribution in [3.8, 4) is 0 Å². The van der Waals surface area contributed by atoms with Crippen molar-refractivity contribution < 1.29 is 13.7 Å². The van der Waals surface area contributed by atoms with Crippen molar-refractivity contribution in [2.24, 2.45) is 0 Å². The highest BCUT2D eigenvalue weighted by atomic mass is 16.5. The van der Waals surface area contributed by atoms with Gasteiger partial charge in [-0.3, -0.25) is 4.79 Å². The summed E-state index contributed by atoms with van der Waals surface area (Å²) in [5.74, 6) is 1.41. The molecule has 1 aliphatic rings. The van der Waals surface area contributed by atoms with Gasteiger partial charge in [0.2, 0.25) is 0 Å². The fourth-order valence-electron chi connectivity index (χ4n) is 2.67. The number of furan rings is 1. The van der Waals surface area contributed by atoms with Gasteiger partial charge in [0.25, 0.3) is 5.91 Å². The Labute approximate surface area is 111 Å². The summed E-state index contributed by atoms with van der Waals surface area (Å²) in [7, 11) is 0. The number of rotatable bonds is 2. The van der Waals surface area contributed by atoms with Crippen molar-refractivity contribution in [3.05, 3.63) is 40.7 Å². The molecule has 3 rings (SSSR count). The van der Waals surface area contributed by atoms with Crippen LogP contribution in [0, 0.1) is 13.8 Å². The van der Waals surface area contributed by atoms with Crippen LogP contribution in [0.5, 0.6) is 0 Å². The largest absolute Gasteiger partial charge is 0.469 e. The summed E-state index contributed by atoms with van der Waals surface area (Å²) in [6.45, 7) is 3.52. The summed E-state index contributed by atoms with van der Waals surface area (Å²) >= 11 is 0. The van der Waals surface area contributed by atoms with E-state index >= 15 is 0 Å². The highest BCUT2D eigenvalue weighted by molar-refractivity contribution is 5.96. The molecule has 0 aliphatic heterocycles. The average Bonchev–Trinajstić information content (AvgIpc) is 2.97. The van der Waals surface area contributed by atoms with E-state index in [0.717, 1.165) is 30.6 Å². The number of amides is 1. The molecule has 1 aliphatic carbocycles. The molecule has 19 heavy (non-hydrogen) atoms. The van der Waals surface area contributed by atoms with Crippen LogP contribution in [0.1, 0.15) is 52.0 Å². The Morgan fingerprint density at radius 1 is 1.47 bits per heavy atom. The number of carbonyl (C=O) groups is 1. The van der Waals surface area contributed by atoms with E-state index < -0.39 is 0 Å². The monoisotopic (exact) mass is 260 g/mol. The minimum atomic E-state index is -0.129. The Hall–Kier alpha value is -2.04. The van der Waals surface area contributed by atoms with E-state index in [0.29, 0.717) is 17.0 Å². The molecule has 0 saturated heterocycles. The van der Waals surface area contributed by atoms with Gasteiger partial charge >= 0.3 is 0 Å². The maximum atomic E-state index is 12.3. The normalized spacial score (nSPS) is 18.1. The van der Waals surface area contributed by atoms with Crippen molar-refractivity contribution in [3.63, 3.8) is 0 Å². The van der Waals surface area contributed by atoms with E-state index in [2.05, 4.69) is 10.5 Å². The van der Waals surface area contributed by atoms with Crippen LogP contribution < -0.4 is 5.32 Å². The lowest BCUT2D eigenvalue weighted by Crippen LogP contribution is -2.31. The molecule has 100 valence electrons. The van der Waals surface area contributed by atoms with Crippen LogP contribution in [-0.4, -0.2) is 11.1 Å². The van der Waals surface area contributed by atoms with Gasteiger partial charge in [-0.05, 0) is 32.8 Å². The summed E-state index contributed by atoms with van der Waals surface area (Å²) < 4.78 is 10.5. The fourth-order valence-corrected chi connectivity index (χ4v) is 2.67. The summed E-state index contributed by atoms with van der Waals surface area (Å²) in [4.78, 5) is 12.3. The predicted octanol–water partition coefficient (Wildman–Crippen LogP) is 2.69. The van der Waals surface area contributed by atoms with Gasteiger partial charge in [0.15, 0.2) is 0 Å². The zero-order valence-electron chi connectivity index (χ0n) is 11.0. The molecule has 1 N–H and O–H groups in total. The number of hydrogen-bond acceptors (Lipinski definition) is 4.